The Kier molecular flexibility index (Phi) is 24.9. The average molecular weight is 652 g/mol. The zero-order valence-corrected chi connectivity index (χ0v) is 25.5. The fraction of sp³-hybridized carbons (Fsp3) is 0.0667. The molecule has 0 heterocycles. The molecule has 4 aromatic carbocycles. The molecule has 0 saturated carbocycles. The van der Waals surface area contributed by atoms with E-state index in [0.29, 0.717) is 0 Å². The van der Waals surface area contributed by atoms with Crippen LogP contribution in [0.4, 0.5) is 0 Å². The van der Waals surface area contributed by atoms with Crippen LogP contribution in [-0.4, -0.2) is 29.3 Å². The van der Waals surface area contributed by atoms with Crippen LogP contribution in [0.2, 0.25) is 10.4 Å². The van der Waals surface area contributed by atoms with Gasteiger partial charge in [-0.25, -0.2) is 0 Å². The third-order valence-electron chi connectivity index (χ3n) is 5.11. The van der Waals surface area contributed by atoms with Crippen LogP contribution < -0.4 is 17.4 Å². The van der Waals surface area contributed by atoms with Gasteiger partial charge in [0.1, 0.15) is 0 Å². The molecule has 4 nitrogen and oxygen atoms in total. The van der Waals surface area contributed by atoms with Gasteiger partial charge in [-0.3, -0.25) is 0 Å². The fourth-order valence-electron chi connectivity index (χ4n) is 3.72. The molecular weight excluding hydrogens is 626 g/mol. The van der Waals surface area contributed by atoms with E-state index in [0.717, 1.165) is 0 Å². The number of hydrogen-bond donors (Lipinski definition) is 0. The molecular formula is C30H26As2CrO4+4. The van der Waals surface area contributed by atoms with Gasteiger partial charge in [-0.15, -0.1) is 0 Å². The van der Waals surface area contributed by atoms with Crippen molar-refractivity contribution in [3.63, 3.8) is 0 Å². The third kappa shape index (κ3) is 13.0. The number of rotatable bonds is 7. The van der Waals surface area contributed by atoms with Crippen molar-refractivity contribution < 1.29 is 36.0 Å². The van der Waals surface area contributed by atoms with Crippen molar-refractivity contribution in [2.24, 2.45) is 0 Å². The van der Waals surface area contributed by atoms with Crippen molar-refractivity contribution in [2.45, 2.75) is 10.4 Å². The zero-order valence-electron chi connectivity index (χ0n) is 20.0. The van der Waals surface area contributed by atoms with Gasteiger partial charge in [-0.1, -0.05) is 0 Å². The molecule has 7 heteroatoms. The van der Waals surface area contributed by atoms with Crippen molar-refractivity contribution in [1.29, 1.82) is 0 Å². The van der Waals surface area contributed by atoms with Crippen molar-refractivity contribution in [3.8, 4) is 0 Å². The quantitative estimate of drug-likeness (QED) is 0.167. The van der Waals surface area contributed by atoms with Crippen molar-refractivity contribution >= 4 is 46.7 Å². The molecule has 37 heavy (non-hydrogen) atoms. The van der Waals surface area contributed by atoms with Gasteiger partial charge in [0, 0.05) is 0 Å². The van der Waals surface area contributed by atoms with E-state index >= 15 is 0 Å². The van der Waals surface area contributed by atoms with Gasteiger partial charge in [-0.05, 0) is 0 Å². The predicted molar refractivity (Wildman–Crippen MR) is 144 cm³/mol. The van der Waals surface area contributed by atoms with Crippen LogP contribution in [0.15, 0.2) is 121 Å². The zero-order chi connectivity index (χ0) is 27.0. The topological polar surface area (TPSA) is 79.6 Å². The SMILES string of the molecule is [C-]#[O+].[C-]#[O+].[C-]#[O+].[C-]#[O+].[Cr+4].c1ccc([AsH](CC[AsH](c2ccccc2)c2ccccc2)c2ccccc2)cc1. The van der Waals surface area contributed by atoms with Gasteiger partial charge in [0.05, 0.1) is 0 Å². The standard InChI is InChI=1S/C26H26As2.4CO.Cr/c1-5-13-23(14-6-1)27(24-15-7-2-8-16-24)21-22-28(25-17-9-3-10-18-25)26-19-11-4-12-20-26;4*1-2;/h1-20,27-28H,21-22H2;;;;;/q;;;;;+4. The second kappa shape index (κ2) is 25.2. The molecule has 0 aliphatic carbocycles. The first-order chi connectivity index (χ1) is 17.9. The van der Waals surface area contributed by atoms with Crippen LogP contribution in [0.1, 0.15) is 0 Å². The Morgan fingerprint density at radius 3 is 0.676 bits per heavy atom. The van der Waals surface area contributed by atoms with Crippen molar-refractivity contribution in [1.82, 2.24) is 0 Å². The molecule has 0 saturated heterocycles. The molecule has 2 radical (unpaired) electrons. The van der Waals surface area contributed by atoms with E-state index in [9.17, 15) is 0 Å². The van der Waals surface area contributed by atoms with E-state index in [1.165, 1.54) is 10.4 Å². The summed E-state index contributed by atoms with van der Waals surface area (Å²) in [5.41, 5.74) is 0. The summed E-state index contributed by atoms with van der Waals surface area (Å²) < 4.78 is 36.4. The predicted octanol–water partition coefficient (Wildman–Crippen LogP) is 2.92. The molecule has 0 atom stereocenters. The number of hydrogen-bond acceptors (Lipinski definition) is 0. The van der Waals surface area contributed by atoms with Crippen LogP contribution in [0.3, 0.4) is 0 Å². The molecule has 0 aromatic heterocycles. The van der Waals surface area contributed by atoms with Gasteiger partial charge < -0.3 is 0 Å². The number of benzene rings is 4. The first kappa shape index (κ1) is 36.6. The first-order valence-corrected chi connectivity index (χ1v) is 17.8. The van der Waals surface area contributed by atoms with E-state index in [-0.39, 0.29) is 17.4 Å². The van der Waals surface area contributed by atoms with Crippen LogP contribution >= 0.6 is 0 Å². The van der Waals surface area contributed by atoms with Crippen molar-refractivity contribution in [3.05, 3.63) is 148 Å². The molecule has 0 N–H and O–H groups in total. The summed E-state index contributed by atoms with van der Waals surface area (Å²) in [6.07, 6.45) is 0. The summed E-state index contributed by atoms with van der Waals surface area (Å²) in [6, 6.07) is 45.0. The minimum absolute atomic E-state index is 0. The molecule has 4 rings (SSSR count). The molecule has 4 aromatic rings. The summed E-state index contributed by atoms with van der Waals surface area (Å²) >= 11 is -3.09. The summed E-state index contributed by atoms with van der Waals surface area (Å²) in [6.45, 7) is 18.0. The van der Waals surface area contributed by atoms with E-state index in [2.05, 4.69) is 148 Å². The molecule has 182 valence electrons. The van der Waals surface area contributed by atoms with Gasteiger partial charge in [0.25, 0.3) is 0 Å². The monoisotopic (exact) mass is 652 g/mol. The summed E-state index contributed by atoms with van der Waals surface area (Å²) in [7, 11) is 0. The minimum atomic E-state index is -1.55. The summed E-state index contributed by atoms with van der Waals surface area (Å²) in [5.74, 6) is 0. The Labute approximate surface area is 239 Å². The Bertz CT molecular complexity index is 964. The van der Waals surface area contributed by atoms with Crippen LogP contribution in [0, 0.1) is 26.6 Å². The van der Waals surface area contributed by atoms with E-state index < -0.39 is 29.3 Å². The Balaban J connectivity index is 0. The maximum absolute atomic E-state index is 7.50. The molecule has 0 fully saturated rings. The van der Waals surface area contributed by atoms with Gasteiger partial charge in [0.2, 0.25) is 0 Å². The van der Waals surface area contributed by atoms with E-state index in [4.69, 9.17) is 18.6 Å². The third-order valence-corrected chi connectivity index (χ3v) is 19.1. The van der Waals surface area contributed by atoms with Crippen LogP contribution in [0.25, 0.3) is 0 Å². The van der Waals surface area contributed by atoms with E-state index in [1.54, 1.807) is 17.4 Å². The van der Waals surface area contributed by atoms with Gasteiger partial charge in [-0.2, -0.15) is 0 Å². The molecule has 0 amide bonds. The van der Waals surface area contributed by atoms with Gasteiger partial charge in [0.15, 0.2) is 0 Å². The summed E-state index contributed by atoms with van der Waals surface area (Å²) in [5, 5.41) is 2.71. The van der Waals surface area contributed by atoms with Crippen LogP contribution in [0.5, 0.6) is 0 Å². The Morgan fingerprint density at radius 2 is 0.514 bits per heavy atom. The Morgan fingerprint density at radius 1 is 0.351 bits per heavy atom. The normalized spacial score (nSPS) is 8.59. The molecule has 0 aliphatic rings. The average Bonchev–Trinajstić information content (AvgIpc) is 3.01. The Hall–Kier alpha value is -2.51. The molecule has 0 spiro atoms. The second-order valence-corrected chi connectivity index (χ2v) is 17.9. The second-order valence-electron chi connectivity index (χ2n) is 6.92. The summed E-state index contributed by atoms with van der Waals surface area (Å²) in [4.78, 5) is 0. The van der Waals surface area contributed by atoms with Crippen LogP contribution in [-0.2, 0) is 36.0 Å². The maximum atomic E-state index is 7.50. The fourth-order valence-corrected chi connectivity index (χ4v) is 19.0. The van der Waals surface area contributed by atoms with Gasteiger partial charge >= 0.3 is 241 Å². The van der Waals surface area contributed by atoms with Crippen molar-refractivity contribution in [2.75, 3.05) is 0 Å². The van der Waals surface area contributed by atoms with E-state index in [1.807, 2.05) is 0 Å². The molecule has 0 unspecified atom stereocenters. The molecule has 0 bridgehead atoms. The molecule has 0 aliphatic heterocycles. The first-order valence-electron chi connectivity index (χ1n) is 10.7.